The van der Waals surface area contributed by atoms with E-state index in [9.17, 15) is 4.79 Å². The molecule has 0 radical (unpaired) electrons. The maximum absolute atomic E-state index is 11.8. The molecule has 3 aromatic rings. The average molecular weight is 294 g/mol. The molecule has 0 spiro atoms. The third-order valence-corrected chi connectivity index (χ3v) is 4.17. The molecule has 1 aromatic carbocycles. The smallest absolute Gasteiger partial charge is 0.336 e. The van der Waals surface area contributed by atoms with E-state index in [2.05, 4.69) is 49.0 Å². The molecule has 2 aromatic heterocycles. The van der Waals surface area contributed by atoms with E-state index in [1.807, 2.05) is 13.0 Å². The van der Waals surface area contributed by atoms with Gasteiger partial charge in [-0.1, -0.05) is 6.92 Å². The number of benzene rings is 1. The van der Waals surface area contributed by atoms with Crippen molar-refractivity contribution >= 4 is 11.0 Å². The molecule has 0 atom stereocenters. The molecule has 0 aliphatic heterocycles. The zero-order valence-electron chi connectivity index (χ0n) is 13.2. The van der Waals surface area contributed by atoms with E-state index in [0.29, 0.717) is 12.1 Å². The minimum absolute atomic E-state index is 0.295. The first kappa shape index (κ1) is 14.5. The van der Waals surface area contributed by atoms with Crippen LogP contribution in [0.4, 0.5) is 0 Å². The van der Waals surface area contributed by atoms with Crippen molar-refractivity contribution in [1.82, 2.24) is 0 Å². The van der Waals surface area contributed by atoms with E-state index < -0.39 is 0 Å². The number of hydrogen-bond donors (Lipinski definition) is 0. The molecule has 2 heterocycles. The van der Waals surface area contributed by atoms with Crippen LogP contribution < -0.4 is 10.2 Å². The summed E-state index contributed by atoms with van der Waals surface area (Å²) in [5, 5.41) is 1.01. The molecule has 0 amide bonds. The third-order valence-electron chi connectivity index (χ3n) is 4.17. The van der Waals surface area contributed by atoms with Crippen molar-refractivity contribution in [3.8, 4) is 0 Å². The van der Waals surface area contributed by atoms with Gasteiger partial charge in [0, 0.05) is 29.1 Å². The highest BCUT2D eigenvalue weighted by molar-refractivity contribution is 5.81. The lowest BCUT2D eigenvalue weighted by molar-refractivity contribution is -0.688. The van der Waals surface area contributed by atoms with Gasteiger partial charge in [0.25, 0.3) is 0 Å². The number of aryl methyl sites for hydroxylation is 3. The molecule has 0 saturated heterocycles. The second kappa shape index (κ2) is 5.76. The zero-order valence-corrected chi connectivity index (χ0v) is 13.2. The Labute approximate surface area is 129 Å². The predicted octanol–water partition coefficient (Wildman–Crippen LogP) is 3.31. The van der Waals surface area contributed by atoms with Crippen LogP contribution in [0.2, 0.25) is 0 Å². The highest BCUT2D eigenvalue weighted by atomic mass is 16.4. The molecule has 0 unspecified atom stereocenters. The van der Waals surface area contributed by atoms with Crippen LogP contribution in [0.25, 0.3) is 11.0 Å². The second-order valence-corrected chi connectivity index (χ2v) is 5.76. The summed E-state index contributed by atoms with van der Waals surface area (Å²) < 4.78 is 7.43. The van der Waals surface area contributed by atoms with Crippen LogP contribution in [0.1, 0.15) is 29.2 Å². The molecule has 3 rings (SSSR count). The van der Waals surface area contributed by atoms with E-state index >= 15 is 0 Å². The van der Waals surface area contributed by atoms with Crippen LogP contribution in [0.5, 0.6) is 0 Å². The quantitative estimate of drug-likeness (QED) is 0.548. The summed E-state index contributed by atoms with van der Waals surface area (Å²) in [6.07, 6.45) is 5.14. The lowest BCUT2D eigenvalue weighted by Gasteiger charge is -2.06. The van der Waals surface area contributed by atoms with Gasteiger partial charge < -0.3 is 4.42 Å². The minimum Gasteiger partial charge on any atom is -0.423 e. The summed E-state index contributed by atoms with van der Waals surface area (Å²) in [5.41, 5.74) is 5.00. The normalized spacial score (nSPS) is 11.0. The van der Waals surface area contributed by atoms with Gasteiger partial charge in [0.2, 0.25) is 0 Å². The van der Waals surface area contributed by atoms with E-state index in [-0.39, 0.29) is 5.63 Å². The number of aromatic nitrogens is 1. The summed E-state index contributed by atoms with van der Waals surface area (Å²) in [4.78, 5) is 11.8. The Morgan fingerprint density at radius 1 is 1.05 bits per heavy atom. The number of pyridine rings is 1. The van der Waals surface area contributed by atoms with E-state index in [0.717, 1.165) is 22.9 Å². The molecule has 0 N–H and O–H groups in total. The zero-order chi connectivity index (χ0) is 15.7. The molecule has 3 heteroatoms. The first-order chi connectivity index (χ1) is 10.6. The summed E-state index contributed by atoms with van der Waals surface area (Å²) in [7, 11) is 0. The van der Waals surface area contributed by atoms with E-state index in [4.69, 9.17) is 4.42 Å². The summed E-state index contributed by atoms with van der Waals surface area (Å²) in [5.74, 6) is 0. The van der Waals surface area contributed by atoms with Crippen molar-refractivity contribution in [2.24, 2.45) is 0 Å². The average Bonchev–Trinajstić information content (AvgIpc) is 2.50. The van der Waals surface area contributed by atoms with Crippen LogP contribution in [0.3, 0.4) is 0 Å². The number of nitrogens with zero attached hydrogens (tertiary/aromatic N) is 1. The minimum atomic E-state index is -0.295. The Kier molecular flexibility index (Phi) is 3.80. The fourth-order valence-electron chi connectivity index (χ4n) is 2.64. The van der Waals surface area contributed by atoms with Gasteiger partial charge in [0.15, 0.2) is 18.9 Å². The molecular weight excluding hydrogens is 274 g/mol. The van der Waals surface area contributed by atoms with Gasteiger partial charge in [-0.2, -0.15) is 0 Å². The largest absolute Gasteiger partial charge is 0.423 e. The van der Waals surface area contributed by atoms with Gasteiger partial charge >= 0.3 is 5.63 Å². The molecule has 0 fully saturated rings. The molecule has 112 valence electrons. The van der Waals surface area contributed by atoms with Crippen LogP contribution in [0.15, 0.2) is 51.9 Å². The number of fused-ring (bicyclic) bond motifs is 1. The van der Waals surface area contributed by atoms with Crippen molar-refractivity contribution in [3.63, 3.8) is 0 Å². The monoisotopic (exact) mass is 294 g/mol. The first-order valence-corrected chi connectivity index (χ1v) is 7.59. The van der Waals surface area contributed by atoms with Crippen LogP contribution in [-0.2, 0) is 13.0 Å². The fraction of sp³-hybridized carbons (Fsp3) is 0.263. The first-order valence-electron chi connectivity index (χ1n) is 7.59. The lowest BCUT2D eigenvalue weighted by atomic mass is 10.0. The van der Waals surface area contributed by atoms with Crippen molar-refractivity contribution in [1.29, 1.82) is 0 Å². The van der Waals surface area contributed by atoms with Crippen molar-refractivity contribution in [2.45, 2.75) is 33.7 Å². The summed E-state index contributed by atoms with van der Waals surface area (Å²) in [6.45, 7) is 6.90. The molecule has 0 bridgehead atoms. The molecular formula is C19H20NO2+. The van der Waals surface area contributed by atoms with Gasteiger partial charge in [-0.15, -0.1) is 0 Å². The Bertz CT molecular complexity index is 876. The van der Waals surface area contributed by atoms with E-state index in [1.54, 1.807) is 6.07 Å². The standard InChI is InChI=1S/C19H20NO2/c1-4-15-5-7-20(8-6-15)12-16-11-19(21)22-18-10-14(3)13(2)9-17(16)18/h5-11H,4,12H2,1-3H3/q+1. The van der Waals surface area contributed by atoms with Gasteiger partial charge in [0.1, 0.15) is 5.58 Å². The molecule has 0 saturated carbocycles. The molecule has 0 aliphatic carbocycles. The number of hydrogen-bond acceptors (Lipinski definition) is 2. The van der Waals surface area contributed by atoms with Gasteiger partial charge in [-0.25, -0.2) is 9.36 Å². The summed E-state index contributed by atoms with van der Waals surface area (Å²) in [6, 6.07) is 9.87. The lowest BCUT2D eigenvalue weighted by Crippen LogP contribution is -2.33. The fourth-order valence-corrected chi connectivity index (χ4v) is 2.64. The highest BCUT2D eigenvalue weighted by Crippen LogP contribution is 2.21. The van der Waals surface area contributed by atoms with Gasteiger partial charge in [-0.3, -0.25) is 0 Å². The maximum atomic E-state index is 11.8. The van der Waals surface area contributed by atoms with Gasteiger partial charge in [-0.05, 0) is 49.1 Å². The molecule has 22 heavy (non-hydrogen) atoms. The topological polar surface area (TPSA) is 34.1 Å². The van der Waals surface area contributed by atoms with Crippen LogP contribution in [0, 0.1) is 13.8 Å². The Morgan fingerprint density at radius 3 is 2.41 bits per heavy atom. The van der Waals surface area contributed by atoms with Gasteiger partial charge in [0.05, 0.1) is 0 Å². The summed E-state index contributed by atoms with van der Waals surface area (Å²) >= 11 is 0. The maximum Gasteiger partial charge on any atom is 0.336 e. The predicted molar refractivity (Wildman–Crippen MR) is 87.1 cm³/mol. The van der Waals surface area contributed by atoms with Crippen molar-refractivity contribution in [3.05, 3.63) is 75.4 Å². The van der Waals surface area contributed by atoms with Crippen LogP contribution >= 0.6 is 0 Å². The Morgan fingerprint density at radius 2 is 1.73 bits per heavy atom. The highest BCUT2D eigenvalue weighted by Gasteiger charge is 2.11. The third kappa shape index (κ3) is 2.80. The van der Waals surface area contributed by atoms with Crippen LogP contribution in [-0.4, -0.2) is 0 Å². The Balaban J connectivity index is 2.08. The number of rotatable bonds is 3. The SMILES string of the molecule is CCc1cc[n+](Cc2cc(=O)oc3cc(C)c(C)cc23)cc1. The van der Waals surface area contributed by atoms with Crippen molar-refractivity contribution < 1.29 is 8.98 Å². The van der Waals surface area contributed by atoms with Crippen molar-refractivity contribution in [2.75, 3.05) is 0 Å². The van der Waals surface area contributed by atoms with E-state index in [1.165, 1.54) is 11.1 Å². The second-order valence-electron chi connectivity index (χ2n) is 5.76. The molecule has 3 nitrogen and oxygen atoms in total. The molecule has 0 aliphatic rings. The Hall–Kier alpha value is -2.42.